The molecule has 0 aromatic carbocycles. The first-order valence-electron chi connectivity index (χ1n) is 8.18. The maximum absolute atomic E-state index is 12.1. The van der Waals surface area contributed by atoms with Crippen molar-refractivity contribution in [2.24, 2.45) is 11.8 Å². The number of nitrogens with one attached hydrogen (secondary N) is 1. The van der Waals surface area contributed by atoms with Crippen LogP contribution in [-0.4, -0.2) is 41.6 Å². The highest BCUT2D eigenvalue weighted by Gasteiger charge is 2.44. The molecule has 0 aromatic heterocycles. The van der Waals surface area contributed by atoms with E-state index in [-0.39, 0.29) is 18.0 Å². The third kappa shape index (κ3) is 4.24. The van der Waals surface area contributed by atoms with Gasteiger partial charge in [-0.1, -0.05) is 6.08 Å². The lowest BCUT2D eigenvalue weighted by Gasteiger charge is -2.25. The Morgan fingerprint density at radius 2 is 2.05 bits per heavy atom. The minimum Gasteiger partial charge on any atom is -0.444 e. The number of alkyl carbamates (subject to hydrolysis) is 1. The van der Waals surface area contributed by atoms with Crippen molar-refractivity contribution in [2.45, 2.75) is 58.1 Å². The van der Waals surface area contributed by atoms with Crippen molar-refractivity contribution in [1.82, 2.24) is 10.2 Å². The van der Waals surface area contributed by atoms with Crippen LogP contribution in [0.3, 0.4) is 0 Å². The highest BCUT2D eigenvalue weighted by atomic mass is 16.6. The summed E-state index contributed by atoms with van der Waals surface area (Å²) in [5, 5.41) is 2.99. The summed E-state index contributed by atoms with van der Waals surface area (Å²) in [4.78, 5) is 26.0. The van der Waals surface area contributed by atoms with Gasteiger partial charge in [-0.25, -0.2) is 4.79 Å². The average Bonchev–Trinajstić information content (AvgIpc) is 2.96. The minimum absolute atomic E-state index is 0.122. The lowest BCUT2D eigenvalue weighted by molar-refractivity contribution is -0.130. The predicted octanol–water partition coefficient (Wildman–Crippen LogP) is 2.71. The summed E-state index contributed by atoms with van der Waals surface area (Å²) in [6.45, 7) is 10.8. The molecule has 1 heterocycles. The van der Waals surface area contributed by atoms with Gasteiger partial charge in [0.15, 0.2) is 0 Å². The summed E-state index contributed by atoms with van der Waals surface area (Å²) in [6, 6.07) is 0.122. The van der Waals surface area contributed by atoms with E-state index in [0.29, 0.717) is 18.3 Å². The van der Waals surface area contributed by atoms with Crippen LogP contribution in [0.1, 0.15) is 46.5 Å². The Morgan fingerprint density at radius 1 is 1.32 bits per heavy atom. The largest absolute Gasteiger partial charge is 0.444 e. The van der Waals surface area contributed by atoms with Crippen molar-refractivity contribution in [3.63, 3.8) is 0 Å². The van der Waals surface area contributed by atoms with Crippen molar-refractivity contribution in [3.8, 4) is 0 Å². The van der Waals surface area contributed by atoms with E-state index in [2.05, 4.69) is 11.9 Å². The van der Waals surface area contributed by atoms with Gasteiger partial charge in [0, 0.05) is 31.5 Å². The lowest BCUT2D eigenvalue weighted by Crippen LogP contribution is -2.42. The molecule has 2 aliphatic rings. The van der Waals surface area contributed by atoms with Gasteiger partial charge in [-0.15, -0.1) is 6.58 Å². The summed E-state index contributed by atoms with van der Waals surface area (Å²) < 4.78 is 5.33. The quantitative estimate of drug-likeness (QED) is 0.812. The van der Waals surface area contributed by atoms with E-state index in [1.807, 2.05) is 25.7 Å². The van der Waals surface area contributed by atoms with Crippen LogP contribution >= 0.6 is 0 Å². The summed E-state index contributed by atoms with van der Waals surface area (Å²) in [6.07, 6.45) is 4.73. The minimum atomic E-state index is -0.482. The SMILES string of the molecule is C=CCCC(=O)N1C[C@@H]2CC[C@H](NC(=O)OC(C)(C)C)[C@@H]2C1. The molecule has 1 N–H and O–H groups in total. The maximum Gasteiger partial charge on any atom is 0.407 e. The number of nitrogens with zero attached hydrogens (tertiary/aromatic N) is 1. The second-order valence-corrected chi connectivity index (χ2v) is 7.38. The Labute approximate surface area is 133 Å². The number of hydrogen-bond acceptors (Lipinski definition) is 3. The summed E-state index contributed by atoms with van der Waals surface area (Å²) in [5.74, 6) is 1.07. The fraction of sp³-hybridized carbons (Fsp3) is 0.765. The number of fused-ring (bicyclic) bond motifs is 1. The van der Waals surface area contributed by atoms with Gasteiger partial charge in [0.1, 0.15) is 5.60 Å². The van der Waals surface area contributed by atoms with Crippen LogP contribution in [-0.2, 0) is 9.53 Å². The Kier molecular flexibility index (Phi) is 5.14. The van der Waals surface area contributed by atoms with Crippen LogP contribution in [0.4, 0.5) is 4.79 Å². The number of carbonyl (C=O) groups excluding carboxylic acids is 2. The van der Waals surface area contributed by atoms with Gasteiger partial charge in [0.2, 0.25) is 5.91 Å². The standard InChI is InChI=1S/C17H28N2O3/c1-5-6-7-15(20)19-10-12-8-9-14(13(12)11-19)18-16(21)22-17(2,3)4/h5,12-14H,1,6-11H2,2-4H3,(H,18,21)/t12-,13+,14-/m0/s1. The van der Waals surface area contributed by atoms with Crippen LogP contribution in [0.25, 0.3) is 0 Å². The molecule has 2 fully saturated rings. The Balaban J connectivity index is 1.86. The molecule has 0 bridgehead atoms. The van der Waals surface area contributed by atoms with Crippen LogP contribution in [0, 0.1) is 11.8 Å². The first kappa shape index (κ1) is 16.8. The molecule has 2 amide bonds. The number of likely N-dealkylation sites (tertiary alicyclic amines) is 1. The second kappa shape index (κ2) is 6.71. The van der Waals surface area contributed by atoms with E-state index >= 15 is 0 Å². The fourth-order valence-electron chi connectivity index (χ4n) is 3.49. The summed E-state index contributed by atoms with van der Waals surface area (Å²) >= 11 is 0. The molecule has 1 saturated carbocycles. The number of rotatable bonds is 4. The molecule has 5 nitrogen and oxygen atoms in total. The first-order valence-corrected chi connectivity index (χ1v) is 8.18. The van der Waals surface area contributed by atoms with E-state index in [1.54, 1.807) is 6.08 Å². The smallest absolute Gasteiger partial charge is 0.407 e. The van der Waals surface area contributed by atoms with E-state index in [9.17, 15) is 9.59 Å². The van der Waals surface area contributed by atoms with Crippen LogP contribution in [0.2, 0.25) is 0 Å². The van der Waals surface area contributed by atoms with Crippen LogP contribution in [0.5, 0.6) is 0 Å². The third-order valence-corrected chi connectivity index (χ3v) is 4.47. The van der Waals surface area contributed by atoms with Crippen molar-refractivity contribution in [1.29, 1.82) is 0 Å². The van der Waals surface area contributed by atoms with Crippen molar-refractivity contribution in [3.05, 3.63) is 12.7 Å². The molecule has 0 unspecified atom stereocenters. The molecule has 22 heavy (non-hydrogen) atoms. The molecule has 0 spiro atoms. The molecule has 2 rings (SSSR count). The van der Waals surface area contributed by atoms with Crippen LogP contribution in [0.15, 0.2) is 12.7 Å². The monoisotopic (exact) mass is 308 g/mol. The number of hydrogen-bond donors (Lipinski definition) is 1. The van der Waals surface area contributed by atoms with E-state index in [4.69, 9.17) is 4.74 Å². The van der Waals surface area contributed by atoms with Gasteiger partial charge in [0.25, 0.3) is 0 Å². The normalized spacial score (nSPS) is 27.4. The molecular formula is C17H28N2O3. The van der Waals surface area contributed by atoms with Gasteiger partial charge in [0.05, 0.1) is 0 Å². The van der Waals surface area contributed by atoms with Gasteiger partial charge >= 0.3 is 6.09 Å². The van der Waals surface area contributed by atoms with Gasteiger partial charge < -0.3 is 15.0 Å². The van der Waals surface area contributed by atoms with Crippen LogP contribution < -0.4 is 5.32 Å². The van der Waals surface area contributed by atoms with E-state index in [1.165, 1.54) is 0 Å². The Morgan fingerprint density at radius 3 is 2.68 bits per heavy atom. The highest BCUT2D eigenvalue weighted by molar-refractivity contribution is 5.76. The lowest BCUT2D eigenvalue weighted by atomic mass is 9.98. The molecule has 3 atom stereocenters. The first-order chi connectivity index (χ1) is 10.3. The molecule has 0 radical (unpaired) electrons. The van der Waals surface area contributed by atoms with Gasteiger partial charge in [-0.2, -0.15) is 0 Å². The zero-order valence-corrected chi connectivity index (χ0v) is 13.9. The maximum atomic E-state index is 12.1. The fourth-order valence-corrected chi connectivity index (χ4v) is 3.49. The van der Waals surface area contributed by atoms with Gasteiger partial charge in [-0.05, 0) is 46.0 Å². The summed E-state index contributed by atoms with van der Waals surface area (Å²) in [7, 11) is 0. The molecule has 1 aliphatic heterocycles. The van der Waals surface area contributed by atoms with Crippen molar-refractivity contribution < 1.29 is 14.3 Å². The average molecular weight is 308 g/mol. The van der Waals surface area contributed by atoms with Crippen molar-refractivity contribution >= 4 is 12.0 Å². The molecule has 124 valence electrons. The summed E-state index contributed by atoms with van der Waals surface area (Å²) in [5.41, 5.74) is -0.482. The zero-order valence-electron chi connectivity index (χ0n) is 13.9. The molecule has 1 saturated heterocycles. The predicted molar refractivity (Wildman–Crippen MR) is 85.4 cm³/mol. The highest BCUT2D eigenvalue weighted by Crippen LogP contribution is 2.38. The molecule has 1 aliphatic carbocycles. The number of carbonyl (C=O) groups is 2. The molecule has 5 heteroatoms. The molecule has 0 aromatic rings. The number of allylic oxidation sites excluding steroid dienone is 1. The van der Waals surface area contributed by atoms with Crippen molar-refractivity contribution in [2.75, 3.05) is 13.1 Å². The zero-order chi connectivity index (χ0) is 16.3. The molecular weight excluding hydrogens is 280 g/mol. The third-order valence-electron chi connectivity index (χ3n) is 4.47. The second-order valence-electron chi connectivity index (χ2n) is 7.38. The van der Waals surface area contributed by atoms with Gasteiger partial charge in [-0.3, -0.25) is 4.79 Å². The Hall–Kier alpha value is -1.52. The topological polar surface area (TPSA) is 58.6 Å². The van der Waals surface area contributed by atoms with E-state index < -0.39 is 5.60 Å². The number of amides is 2. The van der Waals surface area contributed by atoms with E-state index in [0.717, 1.165) is 32.4 Å². The number of ether oxygens (including phenoxy) is 1. The Bertz CT molecular complexity index is 442.